The minimum absolute atomic E-state index is 0.430. The molecule has 21 heavy (non-hydrogen) atoms. The molecule has 2 nitrogen and oxygen atoms in total. The Morgan fingerprint density at radius 3 is 2.33 bits per heavy atom. The third kappa shape index (κ3) is 5.35. The Hall–Kier alpha value is -1.02. The molecule has 1 unspecified atom stereocenters. The van der Waals surface area contributed by atoms with Crippen molar-refractivity contribution >= 4 is 0 Å². The maximum atomic E-state index is 6.14. The van der Waals surface area contributed by atoms with E-state index >= 15 is 0 Å². The van der Waals surface area contributed by atoms with Gasteiger partial charge in [-0.1, -0.05) is 32.4 Å². The van der Waals surface area contributed by atoms with Crippen LogP contribution in [0.3, 0.4) is 0 Å². The fourth-order valence-electron chi connectivity index (χ4n) is 3.33. The van der Waals surface area contributed by atoms with Crippen molar-refractivity contribution in [3.63, 3.8) is 0 Å². The Bertz CT molecular complexity index is 393. The SMILES string of the molecule is CCNC(C)Cc1ccc(OC2CCC(CC)CC2)cc1. The van der Waals surface area contributed by atoms with Gasteiger partial charge >= 0.3 is 0 Å². The zero-order valence-electron chi connectivity index (χ0n) is 13.9. The van der Waals surface area contributed by atoms with E-state index in [2.05, 4.69) is 50.4 Å². The number of nitrogens with one attached hydrogen (secondary N) is 1. The fourth-order valence-corrected chi connectivity index (χ4v) is 3.33. The molecule has 0 amide bonds. The molecule has 0 aromatic heterocycles. The number of hydrogen-bond donors (Lipinski definition) is 1. The summed E-state index contributed by atoms with van der Waals surface area (Å²) in [5, 5.41) is 3.45. The zero-order chi connectivity index (χ0) is 15.1. The van der Waals surface area contributed by atoms with Gasteiger partial charge in [-0.05, 0) is 69.2 Å². The fraction of sp³-hybridized carbons (Fsp3) is 0.684. The maximum Gasteiger partial charge on any atom is 0.119 e. The highest BCUT2D eigenvalue weighted by Crippen LogP contribution is 2.29. The highest BCUT2D eigenvalue weighted by Gasteiger charge is 2.21. The molecule has 1 fully saturated rings. The van der Waals surface area contributed by atoms with Crippen LogP contribution in [0, 0.1) is 5.92 Å². The summed E-state index contributed by atoms with van der Waals surface area (Å²) in [6.45, 7) is 7.72. The molecule has 2 rings (SSSR count). The van der Waals surface area contributed by atoms with Crippen molar-refractivity contribution in [3.05, 3.63) is 29.8 Å². The van der Waals surface area contributed by atoms with Gasteiger partial charge in [-0.25, -0.2) is 0 Å². The maximum absolute atomic E-state index is 6.14. The molecular formula is C19H31NO. The summed E-state index contributed by atoms with van der Waals surface area (Å²) in [4.78, 5) is 0. The number of hydrogen-bond acceptors (Lipinski definition) is 2. The summed E-state index contributed by atoms with van der Waals surface area (Å²) in [6, 6.07) is 9.23. The molecule has 0 bridgehead atoms. The molecule has 1 atom stereocenters. The van der Waals surface area contributed by atoms with Crippen LogP contribution in [-0.4, -0.2) is 18.7 Å². The van der Waals surface area contributed by atoms with E-state index in [-0.39, 0.29) is 0 Å². The van der Waals surface area contributed by atoms with Gasteiger partial charge < -0.3 is 10.1 Å². The van der Waals surface area contributed by atoms with E-state index in [1.165, 1.54) is 37.7 Å². The lowest BCUT2D eigenvalue weighted by molar-refractivity contribution is 0.130. The Balaban J connectivity index is 1.80. The van der Waals surface area contributed by atoms with Crippen LogP contribution in [0.1, 0.15) is 58.4 Å². The molecule has 0 saturated heterocycles. The summed E-state index contributed by atoms with van der Waals surface area (Å²) in [7, 11) is 0. The lowest BCUT2D eigenvalue weighted by Crippen LogP contribution is -2.27. The Morgan fingerprint density at radius 1 is 1.10 bits per heavy atom. The van der Waals surface area contributed by atoms with Crippen molar-refractivity contribution in [3.8, 4) is 5.75 Å². The van der Waals surface area contributed by atoms with Crippen molar-refractivity contribution in [1.82, 2.24) is 5.32 Å². The van der Waals surface area contributed by atoms with Gasteiger partial charge in [0.25, 0.3) is 0 Å². The van der Waals surface area contributed by atoms with E-state index in [9.17, 15) is 0 Å². The third-order valence-corrected chi connectivity index (χ3v) is 4.69. The van der Waals surface area contributed by atoms with E-state index in [0.717, 1.165) is 24.6 Å². The van der Waals surface area contributed by atoms with E-state index in [1.807, 2.05) is 0 Å². The Labute approximate surface area is 130 Å². The molecule has 1 aromatic rings. The Morgan fingerprint density at radius 2 is 1.76 bits per heavy atom. The molecule has 1 aliphatic rings. The second-order valence-corrected chi connectivity index (χ2v) is 6.48. The number of rotatable bonds is 7. The molecule has 118 valence electrons. The van der Waals surface area contributed by atoms with Gasteiger partial charge in [0.05, 0.1) is 6.10 Å². The summed E-state index contributed by atoms with van der Waals surface area (Å²) in [6.07, 6.45) is 7.94. The van der Waals surface area contributed by atoms with E-state index in [1.54, 1.807) is 0 Å². The third-order valence-electron chi connectivity index (χ3n) is 4.69. The van der Waals surface area contributed by atoms with Crippen LogP contribution in [0.4, 0.5) is 0 Å². The zero-order valence-corrected chi connectivity index (χ0v) is 13.9. The molecule has 1 saturated carbocycles. The Kier molecular flexibility index (Phi) is 6.56. The summed E-state index contributed by atoms with van der Waals surface area (Å²) in [5.74, 6) is 1.97. The van der Waals surface area contributed by atoms with Gasteiger partial charge in [-0.3, -0.25) is 0 Å². The highest BCUT2D eigenvalue weighted by atomic mass is 16.5. The first-order valence-corrected chi connectivity index (χ1v) is 8.70. The lowest BCUT2D eigenvalue weighted by Gasteiger charge is -2.28. The predicted molar refractivity (Wildman–Crippen MR) is 89.9 cm³/mol. The highest BCUT2D eigenvalue weighted by molar-refractivity contribution is 5.28. The minimum Gasteiger partial charge on any atom is -0.490 e. The van der Waals surface area contributed by atoms with Crippen LogP contribution in [0.15, 0.2) is 24.3 Å². The second-order valence-electron chi connectivity index (χ2n) is 6.48. The van der Waals surface area contributed by atoms with Gasteiger partial charge in [0.15, 0.2) is 0 Å². The molecule has 0 radical (unpaired) electrons. The molecule has 1 aliphatic carbocycles. The van der Waals surface area contributed by atoms with Crippen LogP contribution in [0.25, 0.3) is 0 Å². The summed E-state index contributed by atoms with van der Waals surface area (Å²) in [5.41, 5.74) is 1.38. The molecule has 0 aliphatic heterocycles. The first-order chi connectivity index (χ1) is 10.2. The quantitative estimate of drug-likeness (QED) is 0.793. The molecule has 0 spiro atoms. The average molecular weight is 289 g/mol. The monoisotopic (exact) mass is 289 g/mol. The van der Waals surface area contributed by atoms with Crippen LogP contribution in [0.5, 0.6) is 5.75 Å². The first kappa shape index (κ1) is 16.4. The first-order valence-electron chi connectivity index (χ1n) is 8.70. The molecule has 1 N–H and O–H groups in total. The summed E-state index contributed by atoms with van der Waals surface area (Å²) < 4.78 is 6.14. The van der Waals surface area contributed by atoms with Crippen molar-refractivity contribution in [2.75, 3.05) is 6.54 Å². The van der Waals surface area contributed by atoms with E-state index < -0.39 is 0 Å². The molecule has 0 heterocycles. The number of benzene rings is 1. The second kappa shape index (κ2) is 8.43. The molecule has 2 heteroatoms. The van der Waals surface area contributed by atoms with Crippen molar-refractivity contribution < 1.29 is 4.74 Å². The largest absolute Gasteiger partial charge is 0.490 e. The van der Waals surface area contributed by atoms with Gasteiger partial charge in [0, 0.05) is 6.04 Å². The van der Waals surface area contributed by atoms with Crippen LogP contribution in [-0.2, 0) is 6.42 Å². The molecule has 1 aromatic carbocycles. The van der Waals surface area contributed by atoms with Gasteiger partial charge in [0.1, 0.15) is 5.75 Å². The van der Waals surface area contributed by atoms with Gasteiger partial charge in [-0.2, -0.15) is 0 Å². The van der Waals surface area contributed by atoms with Crippen molar-refractivity contribution in [2.45, 2.75) is 71.4 Å². The van der Waals surface area contributed by atoms with Crippen LogP contribution in [0.2, 0.25) is 0 Å². The lowest BCUT2D eigenvalue weighted by atomic mass is 9.86. The normalized spacial score (nSPS) is 23.8. The number of likely N-dealkylation sites (N-methyl/N-ethyl adjacent to an activating group) is 1. The standard InChI is InChI=1S/C19H31NO/c1-4-16-6-10-18(11-7-16)21-19-12-8-17(9-13-19)14-15(3)20-5-2/h8-9,12-13,15-16,18,20H,4-7,10-11,14H2,1-3H3. The van der Waals surface area contributed by atoms with Crippen LogP contribution >= 0.6 is 0 Å². The minimum atomic E-state index is 0.430. The summed E-state index contributed by atoms with van der Waals surface area (Å²) >= 11 is 0. The predicted octanol–water partition coefficient (Wildman–Crippen LogP) is 4.57. The van der Waals surface area contributed by atoms with Crippen molar-refractivity contribution in [2.24, 2.45) is 5.92 Å². The molecular weight excluding hydrogens is 258 g/mol. The van der Waals surface area contributed by atoms with Crippen molar-refractivity contribution in [1.29, 1.82) is 0 Å². The van der Waals surface area contributed by atoms with Gasteiger partial charge in [-0.15, -0.1) is 0 Å². The topological polar surface area (TPSA) is 21.3 Å². The average Bonchev–Trinajstić information content (AvgIpc) is 2.50. The van der Waals surface area contributed by atoms with Gasteiger partial charge in [0.2, 0.25) is 0 Å². The van der Waals surface area contributed by atoms with Crippen LogP contribution < -0.4 is 10.1 Å². The smallest absolute Gasteiger partial charge is 0.119 e. The number of ether oxygens (including phenoxy) is 1. The van der Waals surface area contributed by atoms with E-state index in [0.29, 0.717) is 12.1 Å². The van der Waals surface area contributed by atoms with E-state index in [4.69, 9.17) is 4.74 Å².